The van der Waals surface area contributed by atoms with Gasteiger partial charge in [0.2, 0.25) is 5.91 Å². The van der Waals surface area contributed by atoms with Gasteiger partial charge in [-0.15, -0.1) is 0 Å². The van der Waals surface area contributed by atoms with Gasteiger partial charge in [-0.1, -0.05) is 23.7 Å². The number of ether oxygens (including phenoxy) is 1. The van der Waals surface area contributed by atoms with Crippen LogP contribution in [0.5, 0.6) is 0 Å². The summed E-state index contributed by atoms with van der Waals surface area (Å²) in [6.07, 6.45) is 5.70. The molecule has 6 nitrogen and oxygen atoms in total. The van der Waals surface area contributed by atoms with Crippen molar-refractivity contribution in [2.45, 2.75) is 38.6 Å². The first kappa shape index (κ1) is 22.1. The van der Waals surface area contributed by atoms with Crippen LogP contribution in [0.4, 0.5) is 11.5 Å². The standard InChI is InChI=1S/C24H31ClN4O2/c1-16-5-6-19(14-26-16)24(30)29-23-12-21(22(25)15-28-23)18-3-2-4-20(11-18)27-13-17-7-9-31-10-8-17/h2-4,11-12,15-17,19,26-27H,5-10,13-14H2,1H3,(H,28,29,30). The van der Waals surface area contributed by atoms with E-state index in [9.17, 15) is 4.79 Å². The van der Waals surface area contributed by atoms with Gasteiger partial charge >= 0.3 is 0 Å². The number of piperidine rings is 1. The minimum atomic E-state index is -0.0326. The molecule has 1 aromatic carbocycles. The van der Waals surface area contributed by atoms with Gasteiger partial charge in [-0.05, 0) is 62.3 Å². The maximum absolute atomic E-state index is 12.7. The fourth-order valence-electron chi connectivity index (χ4n) is 4.19. The number of carbonyl (C=O) groups excluding carboxylic acids is 1. The lowest BCUT2D eigenvalue weighted by molar-refractivity contribution is -0.120. The van der Waals surface area contributed by atoms with Gasteiger partial charge in [0, 0.05) is 49.8 Å². The third-order valence-electron chi connectivity index (χ3n) is 6.25. The van der Waals surface area contributed by atoms with Gasteiger partial charge in [-0.3, -0.25) is 4.79 Å². The molecule has 7 heteroatoms. The van der Waals surface area contributed by atoms with Crippen LogP contribution in [0.15, 0.2) is 36.5 Å². The molecule has 1 aromatic heterocycles. The van der Waals surface area contributed by atoms with Crippen LogP contribution in [0.2, 0.25) is 5.02 Å². The number of amides is 1. The van der Waals surface area contributed by atoms with Crippen molar-refractivity contribution in [2.75, 3.05) is 36.9 Å². The van der Waals surface area contributed by atoms with Crippen LogP contribution >= 0.6 is 11.6 Å². The molecule has 0 saturated carbocycles. The second-order valence-corrected chi connectivity index (χ2v) is 9.05. The Kier molecular flexibility index (Phi) is 7.43. The largest absolute Gasteiger partial charge is 0.385 e. The van der Waals surface area contributed by atoms with Crippen molar-refractivity contribution < 1.29 is 9.53 Å². The molecule has 2 atom stereocenters. The third-order valence-corrected chi connectivity index (χ3v) is 6.55. The molecule has 2 fully saturated rings. The highest BCUT2D eigenvalue weighted by molar-refractivity contribution is 6.33. The van der Waals surface area contributed by atoms with Crippen LogP contribution in [0.25, 0.3) is 11.1 Å². The summed E-state index contributed by atoms with van der Waals surface area (Å²) in [7, 11) is 0. The summed E-state index contributed by atoms with van der Waals surface area (Å²) in [6.45, 7) is 5.49. The van der Waals surface area contributed by atoms with Crippen LogP contribution in [-0.2, 0) is 9.53 Å². The maximum atomic E-state index is 12.7. The molecule has 3 N–H and O–H groups in total. The van der Waals surface area contributed by atoms with Crippen LogP contribution in [0.1, 0.15) is 32.6 Å². The van der Waals surface area contributed by atoms with E-state index >= 15 is 0 Å². The SMILES string of the molecule is CC1CCC(C(=O)Nc2cc(-c3cccc(NCC4CCOCC4)c3)c(Cl)cn2)CN1. The number of nitrogens with one attached hydrogen (secondary N) is 3. The number of halogens is 1. The van der Waals surface area contributed by atoms with Crippen molar-refractivity contribution in [2.24, 2.45) is 11.8 Å². The Labute approximate surface area is 189 Å². The molecule has 2 aromatic rings. The molecule has 2 aliphatic heterocycles. The number of rotatable bonds is 6. The second-order valence-electron chi connectivity index (χ2n) is 8.64. The van der Waals surface area contributed by atoms with Gasteiger partial charge in [0.1, 0.15) is 5.82 Å². The molecule has 4 rings (SSSR count). The summed E-state index contributed by atoms with van der Waals surface area (Å²) in [4.78, 5) is 17.0. The van der Waals surface area contributed by atoms with Crippen LogP contribution in [0, 0.1) is 11.8 Å². The van der Waals surface area contributed by atoms with Gasteiger partial charge in [0.25, 0.3) is 0 Å². The smallest absolute Gasteiger partial charge is 0.229 e. The lowest BCUT2D eigenvalue weighted by Crippen LogP contribution is -2.41. The molecule has 0 aliphatic carbocycles. The van der Waals surface area contributed by atoms with E-state index in [4.69, 9.17) is 16.3 Å². The van der Waals surface area contributed by atoms with E-state index in [1.165, 1.54) is 0 Å². The number of carbonyl (C=O) groups is 1. The molecule has 3 heterocycles. The van der Waals surface area contributed by atoms with Crippen LogP contribution < -0.4 is 16.0 Å². The van der Waals surface area contributed by atoms with Gasteiger partial charge < -0.3 is 20.7 Å². The first-order valence-corrected chi connectivity index (χ1v) is 11.6. The summed E-state index contributed by atoms with van der Waals surface area (Å²) >= 11 is 6.46. The highest BCUT2D eigenvalue weighted by atomic mass is 35.5. The quantitative estimate of drug-likeness (QED) is 0.611. The van der Waals surface area contributed by atoms with E-state index in [0.29, 0.717) is 29.3 Å². The van der Waals surface area contributed by atoms with E-state index in [1.807, 2.05) is 18.2 Å². The predicted molar refractivity (Wildman–Crippen MR) is 126 cm³/mol. The molecule has 0 bridgehead atoms. The maximum Gasteiger partial charge on any atom is 0.229 e. The molecule has 166 valence electrons. The van der Waals surface area contributed by atoms with Crippen LogP contribution in [0.3, 0.4) is 0 Å². The van der Waals surface area contributed by atoms with E-state index < -0.39 is 0 Å². The second kappa shape index (κ2) is 10.4. The Morgan fingerprint density at radius 3 is 2.84 bits per heavy atom. The zero-order valence-corrected chi connectivity index (χ0v) is 18.8. The highest BCUT2D eigenvalue weighted by Crippen LogP contribution is 2.31. The summed E-state index contributed by atoms with van der Waals surface area (Å²) in [5, 5.41) is 10.5. The van der Waals surface area contributed by atoms with E-state index in [-0.39, 0.29) is 11.8 Å². The number of hydrogen-bond acceptors (Lipinski definition) is 5. The Hall–Kier alpha value is -2.15. The number of hydrogen-bond donors (Lipinski definition) is 3. The third kappa shape index (κ3) is 5.97. The molecular formula is C24H31ClN4O2. The molecule has 2 unspecified atom stereocenters. The average molecular weight is 443 g/mol. The zero-order chi connectivity index (χ0) is 21.6. The number of nitrogens with zero attached hydrogens (tertiary/aromatic N) is 1. The monoisotopic (exact) mass is 442 g/mol. The minimum Gasteiger partial charge on any atom is -0.385 e. The number of anilines is 2. The Bertz CT molecular complexity index is 893. The molecule has 2 aliphatic rings. The minimum absolute atomic E-state index is 0.00653. The molecule has 31 heavy (non-hydrogen) atoms. The van der Waals surface area contributed by atoms with Crippen molar-refractivity contribution in [3.05, 3.63) is 41.6 Å². The Balaban J connectivity index is 1.43. The van der Waals surface area contributed by atoms with E-state index in [2.05, 4.69) is 40.0 Å². The molecule has 1 amide bonds. The lowest BCUT2D eigenvalue weighted by atomic mass is 9.95. The number of aromatic nitrogens is 1. The zero-order valence-electron chi connectivity index (χ0n) is 18.0. The van der Waals surface area contributed by atoms with Crippen LogP contribution in [-0.4, -0.2) is 43.2 Å². The topological polar surface area (TPSA) is 75.3 Å². The molecule has 0 radical (unpaired) electrons. The first-order valence-electron chi connectivity index (χ1n) is 11.2. The summed E-state index contributed by atoms with van der Waals surface area (Å²) < 4.78 is 5.44. The van der Waals surface area contributed by atoms with Gasteiger partial charge in [0.15, 0.2) is 0 Å². The fraction of sp³-hybridized carbons (Fsp3) is 0.500. The van der Waals surface area contributed by atoms with Crippen molar-refractivity contribution in [1.29, 1.82) is 0 Å². The normalized spacial score (nSPS) is 22.1. The summed E-state index contributed by atoms with van der Waals surface area (Å²) in [6, 6.07) is 10.5. The summed E-state index contributed by atoms with van der Waals surface area (Å²) in [5.41, 5.74) is 2.91. The van der Waals surface area contributed by atoms with Crippen molar-refractivity contribution in [1.82, 2.24) is 10.3 Å². The first-order chi connectivity index (χ1) is 15.1. The number of pyridine rings is 1. The van der Waals surface area contributed by atoms with E-state index in [0.717, 1.165) is 62.3 Å². The molecule has 2 saturated heterocycles. The van der Waals surface area contributed by atoms with E-state index in [1.54, 1.807) is 6.20 Å². The Morgan fingerprint density at radius 2 is 2.06 bits per heavy atom. The highest BCUT2D eigenvalue weighted by Gasteiger charge is 2.24. The van der Waals surface area contributed by atoms with Gasteiger partial charge in [0.05, 0.1) is 10.9 Å². The fourth-order valence-corrected chi connectivity index (χ4v) is 4.40. The average Bonchev–Trinajstić information content (AvgIpc) is 2.80. The van der Waals surface area contributed by atoms with Crippen molar-refractivity contribution >= 4 is 29.0 Å². The lowest BCUT2D eigenvalue weighted by Gasteiger charge is -2.26. The molecular weight excluding hydrogens is 412 g/mol. The van der Waals surface area contributed by atoms with Crippen molar-refractivity contribution in [3.63, 3.8) is 0 Å². The molecule has 0 spiro atoms. The van der Waals surface area contributed by atoms with Gasteiger partial charge in [-0.25, -0.2) is 4.98 Å². The number of benzene rings is 1. The predicted octanol–water partition coefficient (Wildman–Crippen LogP) is 4.57. The Morgan fingerprint density at radius 1 is 1.23 bits per heavy atom. The van der Waals surface area contributed by atoms with Gasteiger partial charge in [-0.2, -0.15) is 0 Å². The van der Waals surface area contributed by atoms with Crippen molar-refractivity contribution in [3.8, 4) is 11.1 Å². The summed E-state index contributed by atoms with van der Waals surface area (Å²) in [5.74, 6) is 1.14.